The van der Waals surface area contributed by atoms with Crippen molar-refractivity contribution in [1.82, 2.24) is 0 Å². The first-order valence-electron chi connectivity index (χ1n) is 8.35. The molecule has 2 atom stereocenters. The van der Waals surface area contributed by atoms with Crippen molar-refractivity contribution in [2.24, 2.45) is 11.3 Å². The standard InChI is InChI=1S/C20H24O4/c1-3-8-17-11-7-12-20(18(17)22,13-15(2)21)19(23)24-14-16-9-5-4-6-10-16/h3-6,9-10,17H,1,7-8,11-14H2,2H3. The third-order valence-corrected chi connectivity index (χ3v) is 4.60. The van der Waals surface area contributed by atoms with Crippen LogP contribution in [0.1, 0.15) is 44.6 Å². The fourth-order valence-corrected chi connectivity index (χ4v) is 3.46. The molecular weight excluding hydrogens is 304 g/mol. The summed E-state index contributed by atoms with van der Waals surface area (Å²) in [5.74, 6) is -1.15. The predicted molar refractivity (Wildman–Crippen MR) is 91.1 cm³/mol. The second kappa shape index (κ2) is 8.04. The van der Waals surface area contributed by atoms with Gasteiger partial charge in [0.15, 0.2) is 5.78 Å². The van der Waals surface area contributed by atoms with Crippen LogP contribution >= 0.6 is 0 Å². The Bertz CT molecular complexity index is 620. The van der Waals surface area contributed by atoms with Gasteiger partial charge in [-0.3, -0.25) is 14.4 Å². The van der Waals surface area contributed by atoms with E-state index in [4.69, 9.17) is 4.74 Å². The Morgan fingerprint density at radius 3 is 2.67 bits per heavy atom. The van der Waals surface area contributed by atoms with Crippen molar-refractivity contribution >= 4 is 17.5 Å². The first kappa shape index (κ1) is 18.1. The highest BCUT2D eigenvalue weighted by molar-refractivity contribution is 6.08. The van der Waals surface area contributed by atoms with Crippen molar-refractivity contribution in [3.8, 4) is 0 Å². The van der Waals surface area contributed by atoms with Crippen molar-refractivity contribution in [3.05, 3.63) is 48.6 Å². The number of ketones is 2. The number of rotatable bonds is 7. The molecule has 1 fully saturated rings. The van der Waals surface area contributed by atoms with Gasteiger partial charge < -0.3 is 4.74 Å². The van der Waals surface area contributed by atoms with E-state index in [1.807, 2.05) is 30.3 Å². The van der Waals surface area contributed by atoms with Gasteiger partial charge in [-0.25, -0.2) is 0 Å². The van der Waals surface area contributed by atoms with E-state index in [0.717, 1.165) is 18.4 Å². The lowest BCUT2D eigenvalue weighted by molar-refractivity contribution is -0.167. The maximum absolute atomic E-state index is 12.9. The number of carbonyl (C=O) groups is 3. The maximum Gasteiger partial charge on any atom is 0.320 e. The number of benzene rings is 1. The van der Waals surface area contributed by atoms with Crippen molar-refractivity contribution in [1.29, 1.82) is 0 Å². The number of hydrogen-bond acceptors (Lipinski definition) is 4. The van der Waals surface area contributed by atoms with Crippen LogP contribution in [-0.4, -0.2) is 17.5 Å². The Kier molecular flexibility index (Phi) is 6.07. The number of Topliss-reactive ketones (excluding diaryl/α,β-unsaturated/α-hetero) is 2. The molecular formula is C20H24O4. The van der Waals surface area contributed by atoms with Crippen LogP contribution in [0, 0.1) is 11.3 Å². The molecule has 1 aromatic carbocycles. The largest absolute Gasteiger partial charge is 0.460 e. The van der Waals surface area contributed by atoms with Gasteiger partial charge in [-0.2, -0.15) is 0 Å². The molecule has 0 spiro atoms. The van der Waals surface area contributed by atoms with Gasteiger partial charge in [0, 0.05) is 12.3 Å². The zero-order chi connectivity index (χ0) is 17.6. The molecule has 1 aromatic rings. The predicted octanol–water partition coefficient (Wildman–Crippen LogP) is 3.64. The molecule has 0 amide bonds. The normalized spacial score (nSPS) is 23.5. The second-order valence-electron chi connectivity index (χ2n) is 6.50. The topological polar surface area (TPSA) is 60.4 Å². The first-order valence-corrected chi connectivity index (χ1v) is 8.35. The van der Waals surface area contributed by atoms with E-state index in [1.54, 1.807) is 6.08 Å². The molecule has 0 aliphatic heterocycles. The smallest absolute Gasteiger partial charge is 0.320 e. The van der Waals surface area contributed by atoms with E-state index in [0.29, 0.717) is 12.8 Å². The fraction of sp³-hybridized carbons (Fsp3) is 0.450. The van der Waals surface area contributed by atoms with Crippen LogP contribution in [0.5, 0.6) is 0 Å². The van der Waals surface area contributed by atoms with Gasteiger partial charge >= 0.3 is 5.97 Å². The lowest BCUT2D eigenvalue weighted by atomic mass is 9.65. The van der Waals surface area contributed by atoms with Crippen molar-refractivity contribution in [2.75, 3.05) is 0 Å². The minimum absolute atomic E-state index is 0.0763. The minimum Gasteiger partial charge on any atom is -0.460 e. The Hall–Kier alpha value is -2.23. The van der Waals surface area contributed by atoms with Crippen LogP contribution in [0.15, 0.2) is 43.0 Å². The summed E-state index contributed by atoms with van der Waals surface area (Å²) >= 11 is 0. The molecule has 2 rings (SSSR count). The molecule has 0 heterocycles. The number of ether oxygens (including phenoxy) is 1. The lowest BCUT2D eigenvalue weighted by Crippen LogP contribution is -2.47. The summed E-state index contributed by atoms with van der Waals surface area (Å²) < 4.78 is 5.43. The van der Waals surface area contributed by atoms with Gasteiger partial charge in [0.1, 0.15) is 17.8 Å². The molecule has 4 nitrogen and oxygen atoms in total. The average Bonchev–Trinajstić information content (AvgIpc) is 2.57. The summed E-state index contributed by atoms with van der Waals surface area (Å²) in [5.41, 5.74) is -0.471. The monoisotopic (exact) mass is 328 g/mol. The van der Waals surface area contributed by atoms with Gasteiger partial charge in [-0.1, -0.05) is 42.8 Å². The van der Waals surface area contributed by atoms with Crippen LogP contribution < -0.4 is 0 Å². The van der Waals surface area contributed by atoms with Crippen LogP contribution in [0.25, 0.3) is 0 Å². The molecule has 0 aromatic heterocycles. The summed E-state index contributed by atoms with van der Waals surface area (Å²) in [5, 5.41) is 0. The van der Waals surface area contributed by atoms with Gasteiger partial charge in [-0.05, 0) is 31.7 Å². The highest BCUT2D eigenvalue weighted by Gasteiger charge is 2.51. The minimum atomic E-state index is -1.33. The maximum atomic E-state index is 12.9. The van der Waals surface area contributed by atoms with Gasteiger partial charge in [-0.15, -0.1) is 6.58 Å². The SMILES string of the molecule is C=CCC1CCCC(CC(C)=O)(C(=O)OCc2ccccc2)C1=O. The van der Waals surface area contributed by atoms with E-state index < -0.39 is 11.4 Å². The van der Waals surface area contributed by atoms with Crippen LogP contribution in [0.3, 0.4) is 0 Å². The third-order valence-electron chi connectivity index (χ3n) is 4.60. The molecule has 2 unspecified atom stereocenters. The number of esters is 1. The summed E-state index contributed by atoms with van der Waals surface area (Å²) in [6.07, 6.45) is 4.00. The number of hydrogen-bond donors (Lipinski definition) is 0. The molecule has 24 heavy (non-hydrogen) atoms. The van der Waals surface area contributed by atoms with Gasteiger partial charge in [0.2, 0.25) is 0 Å². The lowest BCUT2D eigenvalue weighted by Gasteiger charge is -2.36. The van der Waals surface area contributed by atoms with E-state index in [1.165, 1.54) is 6.92 Å². The molecule has 0 radical (unpaired) electrons. The third kappa shape index (κ3) is 3.99. The van der Waals surface area contributed by atoms with Gasteiger partial charge in [0.05, 0.1) is 0 Å². The van der Waals surface area contributed by atoms with Gasteiger partial charge in [0.25, 0.3) is 0 Å². The molecule has 128 valence electrons. The summed E-state index contributed by atoms with van der Waals surface area (Å²) in [6, 6.07) is 9.32. The molecule has 1 aliphatic carbocycles. The average molecular weight is 328 g/mol. The quantitative estimate of drug-likeness (QED) is 0.435. The Morgan fingerprint density at radius 2 is 2.04 bits per heavy atom. The van der Waals surface area contributed by atoms with E-state index in [9.17, 15) is 14.4 Å². The summed E-state index contributed by atoms with van der Waals surface area (Å²) in [4.78, 5) is 37.4. The summed E-state index contributed by atoms with van der Waals surface area (Å²) in [6.45, 7) is 5.21. The van der Waals surface area contributed by atoms with Crippen molar-refractivity contribution in [3.63, 3.8) is 0 Å². The van der Waals surface area contributed by atoms with Crippen molar-refractivity contribution in [2.45, 2.75) is 45.6 Å². The van der Waals surface area contributed by atoms with Crippen molar-refractivity contribution < 1.29 is 19.1 Å². The highest BCUT2D eigenvalue weighted by atomic mass is 16.5. The van der Waals surface area contributed by atoms with Crippen LogP contribution in [0.2, 0.25) is 0 Å². The zero-order valence-corrected chi connectivity index (χ0v) is 14.1. The Morgan fingerprint density at radius 1 is 1.33 bits per heavy atom. The molecule has 1 saturated carbocycles. The molecule has 4 heteroatoms. The van der Waals surface area contributed by atoms with E-state index >= 15 is 0 Å². The molecule has 0 N–H and O–H groups in total. The molecule has 1 aliphatic rings. The Balaban J connectivity index is 2.19. The number of allylic oxidation sites excluding steroid dienone is 1. The number of carbonyl (C=O) groups excluding carboxylic acids is 3. The van der Waals surface area contributed by atoms with Crippen LogP contribution in [0.4, 0.5) is 0 Å². The highest BCUT2D eigenvalue weighted by Crippen LogP contribution is 2.42. The van der Waals surface area contributed by atoms with E-state index in [2.05, 4.69) is 6.58 Å². The van der Waals surface area contributed by atoms with E-state index in [-0.39, 0.29) is 30.5 Å². The first-order chi connectivity index (χ1) is 11.5. The molecule has 0 saturated heterocycles. The van der Waals surface area contributed by atoms with Crippen LogP contribution in [-0.2, 0) is 25.7 Å². The Labute approximate surface area is 142 Å². The second-order valence-corrected chi connectivity index (χ2v) is 6.50. The zero-order valence-electron chi connectivity index (χ0n) is 14.1. The summed E-state index contributed by atoms with van der Waals surface area (Å²) in [7, 11) is 0. The fourth-order valence-electron chi connectivity index (χ4n) is 3.46. The molecule has 0 bridgehead atoms.